The molecule has 0 fully saturated rings. The molecule has 0 atom stereocenters. The van der Waals surface area contributed by atoms with Gasteiger partial charge in [0.05, 0.1) is 11.4 Å². The zero-order valence-corrected chi connectivity index (χ0v) is 14.2. The maximum Gasteiger partial charge on any atom is 0.0735 e. The molecule has 1 heterocycles. The molecule has 0 saturated heterocycles. The molecule has 0 amide bonds. The molecule has 0 aliphatic carbocycles. The minimum absolute atomic E-state index is 0.693. The van der Waals surface area contributed by atoms with Gasteiger partial charge < -0.3 is 0 Å². The van der Waals surface area contributed by atoms with Gasteiger partial charge in [0.1, 0.15) is 0 Å². The Kier molecular flexibility index (Phi) is 4.72. The third-order valence-electron chi connectivity index (χ3n) is 3.33. The average Bonchev–Trinajstić information content (AvgIpc) is 2.55. The second-order valence-corrected chi connectivity index (χ2v) is 6.43. The van der Waals surface area contributed by atoms with Crippen molar-refractivity contribution in [3.05, 3.63) is 70.7 Å². The molecule has 0 saturated carbocycles. The first-order valence-corrected chi connectivity index (χ1v) is 8.73. The van der Waals surface area contributed by atoms with Gasteiger partial charge in [0.25, 0.3) is 0 Å². The summed E-state index contributed by atoms with van der Waals surface area (Å²) < 4.78 is 0. The molecule has 0 aliphatic rings. The molecule has 0 spiro atoms. The van der Waals surface area contributed by atoms with Crippen LogP contribution < -0.4 is 0 Å². The first-order chi connectivity index (χ1) is 10.7. The van der Waals surface area contributed by atoms with E-state index in [1.54, 1.807) is 11.8 Å². The first kappa shape index (κ1) is 15.4. The standard InChI is InChI=1S/C18H13Cl2NS/c1-22-12-10-17(13-6-2-4-8-15(13)19)21-18(11-12)14-7-3-5-9-16(14)20/h2-11H,1H3. The number of rotatable bonds is 3. The first-order valence-electron chi connectivity index (χ1n) is 6.75. The lowest BCUT2D eigenvalue weighted by molar-refractivity contribution is 1.27. The van der Waals surface area contributed by atoms with Crippen LogP contribution in [0.2, 0.25) is 10.0 Å². The van der Waals surface area contributed by atoms with Crippen molar-refractivity contribution in [1.29, 1.82) is 0 Å². The average molecular weight is 346 g/mol. The van der Waals surface area contributed by atoms with Gasteiger partial charge in [-0.2, -0.15) is 0 Å². The minimum Gasteiger partial charge on any atom is -0.248 e. The van der Waals surface area contributed by atoms with Crippen LogP contribution in [-0.4, -0.2) is 11.2 Å². The Hall–Kier alpha value is -1.48. The molecule has 1 aromatic heterocycles. The molecule has 22 heavy (non-hydrogen) atoms. The molecule has 110 valence electrons. The lowest BCUT2D eigenvalue weighted by Crippen LogP contribution is -1.91. The van der Waals surface area contributed by atoms with E-state index in [1.165, 1.54) is 0 Å². The summed E-state index contributed by atoms with van der Waals surface area (Å²) in [5.74, 6) is 0. The zero-order valence-electron chi connectivity index (χ0n) is 11.9. The Labute approximate surface area is 144 Å². The van der Waals surface area contributed by atoms with E-state index in [9.17, 15) is 0 Å². The summed E-state index contributed by atoms with van der Waals surface area (Å²) in [6, 6.07) is 19.6. The van der Waals surface area contributed by atoms with Crippen molar-refractivity contribution in [2.24, 2.45) is 0 Å². The molecule has 0 aliphatic heterocycles. The monoisotopic (exact) mass is 345 g/mol. The number of thioether (sulfide) groups is 1. The summed E-state index contributed by atoms with van der Waals surface area (Å²) >= 11 is 14.3. The Balaban J connectivity index is 2.20. The third kappa shape index (κ3) is 3.14. The van der Waals surface area contributed by atoms with E-state index in [2.05, 4.69) is 0 Å². The van der Waals surface area contributed by atoms with E-state index in [1.807, 2.05) is 66.9 Å². The van der Waals surface area contributed by atoms with Crippen LogP contribution in [0, 0.1) is 0 Å². The normalized spacial score (nSPS) is 10.7. The van der Waals surface area contributed by atoms with Gasteiger partial charge in [-0.25, -0.2) is 4.98 Å². The molecule has 1 nitrogen and oxygen atoms in total. The SMILES string of the molecule is CSc1cc(-c2ccccc2Cl)nc(-c2ccccc2Cl)c1. The van der Waals surface area contributed by atoms with Crippen LogP contribution in [0.4, 0.5) is 0 Å². The summed E-state index contributed by atoms with van der Waals surface area (Å²) in [5, 5.41) is 1.39. The van der Waals surface area contributed by atoms with Crippen molar-refractivity contribution in [2.75, 3.05) is 6.26 Å². The fourth-order valence-electron chi connectivity index (χ4n) is 2.24. The Morgan fingerprint density at radius 3 is 1.64 bits per heavy atom. The van der Waals surface area contributed by atoms with Gasteiger partial charge in [0.15, 0.2) is 0 Å². The van der Waals surface area contributed by atoms with E-state index in [0.717, 1.165) is 27.4 Å². The van der Waals surface area contributed by atoms with E-state index in [0.29, 0.717) is 10.0 Å². The summed E-state index contributed by atoms with van der Waals surface area (Å²) in [5.41, 5.74) is 3.56. The van der Waals surface area contributed by atoms with E-state index >= 15 is 0 Å². The van der Waals surface area contributed by atoms with Crippen molar-refractivity contribution in [3.8, 4) is 22.5 Å². The van der Waals surface area contributed by atoms with Crippen LogP contribution in [0.25, 0.3) is 22.5 Å². The van der Waals surface area contributed by atoms with Crippen LogP contribution in [-0.2, 0) is 0 Å². The van der Waals surface area contributed by atoms with Gasteiger partial charge in [-0.05, 0) is 30.5 Å². The van der Waals surface area contributed by atoms with Crippen molar-refractivity contribution in [3.63, 3.8) is 0 Å². The lowest BCUT2D eigenvalue weighted by Gasteiger charge is -2.10. The summed E-state index contributed by atoms with van der Waals surface area (Å²) in [6.07, 6.45) is 2.04. The van der Waals surface area contributed by atoms with Crippen molar-refractivity contribution < 1.29 is 0 Å². The molecule has 2 aromatic carbocycles. The van der Waals surface area contributed by atoms with Gasteiger partial charge in [-0.3, -0.25) is 0 Å². The van der Waals surface area contributed by atoms with Gasteiger partial charge in [0.2, 0.25) is 0 Å². The molecule has 3 aromatic rings. The summed E-state index contributed by atoms with van der Waals surface area (Å²) in [7, 11) is 0. The number of benzene rings is 2. The molecule has 0 unspecified atom stereocenters. The molecular weight excluding hydrogens is 333 g/mol. The number of nitrogens with zero attached hydrogens (tertiary/aromatic N) is 1. The van der Waals surface area contributed by atoms with Crippen molar-refractivity contribution >= 4 is 35.0 Å². The largest absolute Gasteiger partial charge is 0.248 e. The Bertz CT molecular complexity index is 754. The van der Waals surface area contributed by atoms with Gasteiger partial charge in [-0.15, -0.1) is 11.8 Å². The second-order valence-electron chi connectivity index (χ2n) is 4.74. The lowest BCUT2D eigenvalue weighted by atomic mass is 10.1. The molecule has 0 radical (unpaired) electrons. The Morgan fingerprint density at radius 1 is 0.773 bits per heavy atom. The zero-order chi connectivity index (χ0) is 15.5. The summed E-state index contributed by atoms with van der Waals surface area (Å²) in [6.45, 7) is 0. The molecular formula is C18H13Cl2NS. The smallest absolute Gasteiger partial charge is 0.0735 e. The summed E-state index contributed by atoms with van der Waals surface area (Å²) in [4.78, 5) is 5.89. The fourth-order valence-corrected chi connectivity index (χ4v) is 3.16. The van der Waals surface area contributed by atoms with Crippen molar-refractivity contribution in [2.45, 2.75) is 4.90 Å². The second kappa shape index (κ2) is 6.74. The fraction of sp³-hybridized carbons (Fsp3) is 0.0556. The number of pyridine rings is 1. The highest BCUT2D eigenvalue weighted by molar-refractivity contribution is 7.98. The number of halogens is 2. The van der Waals surface area contributed by atoms with Crippen LogP contribution in [0.15, 0.2) is 65.6 Å². The number of hydrogen-bond donors (Lipinski definition) is 0. The van der Waals surface area contributed by atoms with Crippen molar-refractivity contribution in [1.82, 2.24) is 4.98 Å². The maximum absolute atomic E-state index is 6.31. The predicted molar refractivity (Wildman–Crippen MR) is 96.9 cm³/mol. The highest BCUT2D eigenvalue weighted by atomic mass is 35.5. The van der Waals surface area contributed by atoms with Crippen LogP contribution in [0.5, 0.6) is 0 Å². The Morgan fingerprint density at radius 2 is 1.23 bits per heavy atom. The number of aromatic nitrogens is 1. The third-order valence-corrected chi connectivity index (χ3v) is 4.70. The maximum atomic E-state index is 6.31. The number of hydrogen-bond acceptors (Lipinski definition) is 2. The molecule has 0 N–H and O–H groups in total. The predicted octanol–water partition coefficient (Wildman–Crippen LogP) is 6.44. The van der Waals surface area contributed by atoms with Gasteiger partial charge >= 0.3 is 0 Å². The highest BCUT2D eigenvalue weighted by Crippen LogP contribution is 2.34. The van der Waals surface area contributed by atoms with E-state index in [4.69, 9.17) is 28.2 Å². The quantitative estimate of drug-likeness (QED) is 0.506. The topological polar surface area (TPSA) is 12.9 Å². The van der Waals surface area contributed by atoms with Crippen LogP contribution >= 0.6 is 35.0 Å². The van der Waals surface area contributed by atoms with E-state index < -0.39 is 0 Å². The molecule has 4 heteroatoms. The van der Waals surface area contributed by atoms with Gasteiger partial charge in [0, 0.05) is 26.1 Å². The van der Waals surface area contributed by atoms with E-state index in [-0.39, 0.29) is 0 Å². The molecule has 0 bridgehead atoms. The van der Waals surface area contributed by atoms with Crippen LogP contribution in [0.1, 0.15) is 0 Å². The minimum atomic E-state index is 0.693. The van der Waals surface area contributed by atoms with Gasteiger partial charge in [-0.1, -0.05) is 59.6 Å². The molecule has 3 rings (SSSR count). The van der Waals surface area contributed by atoms with Crippen LogP contribution in [0.3, 0.4) is 0 Å². The highest BCUT2D eigenvalue weighted by Gasteiger charge is 2.11.